The van der Waals surface area contributed by atoms with Gasteiger partial charge in [0.15, 0.2) is 11.5 Å². The lowest BCUT2D eigenvalue weighted by atomic mass is 10.2. The SMILES string of the molecule is COc1cc(C(=O)Oc2c(Sc3ccccc3[N+](=O)[O-])c(C)nn2-c2ccccc2)cc(OC)c1OC. The molecule has 4 rings (SSSR count). The molecule has 0 amide bonds. The second-order valence-corrected chi connectivity index (χ2v) is 8.65. The Kier molecular flexibility index (Phi) is 7.63. The van der Waals surface area contributed by atoms with Crippen molar-refractivity contribution >= 4 is 23.4 Å². The van der Waals surface area contributed by atoms with Crippen molar-refractivity contribution in [2.45, 2.75) is 16.7 Å². The Bertz CT molecular complexity index is 1430. The summed E-state index contributed by atoms with van der Waals surface area (Å²) in [7, 11) is 4.36. The lowest BCUT2D eigenvalue weighted by Gasteiger charge is -2.14. The van der Waals surface area contributed by atoms with Gasteiger partial charge in [-0.25, -0.2) is 4.79 Å². The summed E-state index contributed by atoms with van der Waals surface area (Å²) >= 11 is 1.10. The molecular weight excluding hydrogens is 498 g/mol. The molecule has 0 aliphatic heterocycles. The smallest absolute Gasteiger partial charge is 0.345 e. The maximum atomic E-state index is 13.4. The molecular formula is C26H23N3O7S. The van der Waals surface area contributed by atoms with E-state index in [1.165, 1.54) is 44.2 Å². The molecule has 0 spiro atoms. The first kappa shape index (κ1) is 25.6. The Morgan fingerprint density at radius 2 is 1.57 bits per heavy atom. The van der Waals surface area contributed by atoms with E-state index in [-0.39, 0.29) is 28.6 Å². The van der Waals surface area contributed by atoms with E-state index in [2.05, 4.69) is 5.10 Å². The second-order valence-electron chi connectivity index (χ2n) is 7.60. The van der Waals surface area contributed by atoms with Crippen molar-refractivity contribution in [3.63, 3.8) is 0 Å². The summed E-state index contributed by atoms with van der Waals surface area (Å²) in [5, 5.41) is 16.2. The van der Waals surface area contributed by atoms with Gasteiger partial charge in [-0.15, -0.1) is 0 Å². The molecule has 0 unspecified atom stereocenters. The van der Waals surface area contributed by atoms with E-state index in [0.29, 0.717) is 26.9 Å². The minimum Gasteiger partial charge on any atom is -0.493 e. The van der Waals surface area contributed by atoms with Gasteiger partial charge in [0, 0.05) is 6.07 Å². The van der Waals surface area contributed by atoms with Crippen LogP contribution in [-0.4, -0.2) is 42.0 Å². The molecule has 10 nitrogen and oxygen atoms in total. The zero-order valence-electron chi connectivity index (χ0n) is 20.5. The van der Waals surface area contributed by atoms with Crippen LogP contribution in [-0.2, 0) is 0 Å². The minimum absolute atomic E-state index is 0.0683. The zero-order chi connectivity index (χ0) is 26.5. The standard InChI is InChI=1S/C26H23N3O7S/c1-16-24(37-22-13-9-8-12-19(22)29(31)32)25(28(27-16)18-10-6-5-7-11-18)36-26(30)17-14-20(33-2)23(35-4)21(15-17)34-3/h5-15H,1-4H3. The van der Waals surface area contributed by atoms with Gasteiger partial charge in [0.05, 0.1) is 53.0 Å². The lowest BCUT2D eigenvalue weighted by Crippen LogP contribution is -2.13. The van der Waals surface area contributed by atoms with Crippen molar-refractivity contribution in [2.24, 2.45) is 0 Å². The van der Waals surface area contributed by atoms with Crippen LogP contribution in [0.15, 0.2) is 76.5 Å². The summed E-state index contributed by atoms with van der Waals surface area (Å²) in [4.78, 5) is 25.4. The summed E-state index contributed by atoms with van der Waals surface area (Å²) in [6, 6.07) is 18.4. The van der Waals surface area contributed by atoms with Gasteiger partial charge in [0.1, 0.15) is 0 Å². The van der Waals surface area contributed by atoms with Gasteiger partial charge < -0.3 is 18.9 Å². The van der Waals surface area contributed by atoms with Crippen LogP contribution in [0.4, 0.5) is 5.69 Å². The fourth-order valence-corrected chi connectivity index (χ4v) is 4.61. The Labute approximate surface area is 216 Å². The molecule has 0 aliphatic carbocycles. The van der Waals surface area contributed by atoms with Crippen molar-refractivity contribution in [1.29, 1.82) is 0 Å². The number of carbonyl (C=O) groups is 1. The van der Waals surface area contributed by atoms with Gasteiger partial charge in [0.25, 0.3) is 5.69 Å². The topological polar surface area (TPSA) is 115 Å². The summed E-state index contributed by atoms with van der Waals surface area (Å²) in [5.41, 5.74) is 1.25. The number of para-hydroxylation sites is 2. The number of benzene rings is 3. The van der Waals surface area contributed by atoms with Gasteiger partial charge in [-0.2, -0.15) is 9.78 Å². The molecule has 3 aromatic carbocycles. The Hall–Kier alpha value is -4.51. The quantitative estimate of drug-likeness (QED) is 0.160. The third-order valence-corrected chi connectivity index (χ3v) is 6.57. The number of rotatable bonds is 9. The first-order chi connectivity index (χ1) is 17.9. The second kappa shape index (κ2) is 11.0. The third-order valence-electron chi connectivity index (χ3n) is 5.33. The van der Waals surface area contributed by atoms with E-state index in [0.717, 1.165) is 11.8 Å². The highest BCUT2D eigenvalue weighted by molar-refractivity contribution is 7.99. The van der Waals surface area contributed by atoms with Crippen molar-refractivity contribution in [3.8, 4) is 28.8 Å². The number of esters is 1. The van der Waals surface area contributed by atoms with Crippen LogP contribution in [0.2, 0.25) is 0 Å². The number of methoxy groups -OCH3 is 3. The molecule has 0 aliphatic rings. The van der Waals surface area contributed by atoms with Crippen LogP contribution in [0.5, 0.6) is 23.1 Å². The molecule has 0 radical (unpaired) electrons. The number of aryl methyl sites for hydroxylation is 1. The van der Waals surface area contributed by atoms with Crippen molar-refractivity contribution in [2.75, 3.05) is 21.3 Å². The normalized spacial score (nSPS) is 10.6. The largest absolute Gasteiger partial charge is 0.493 e. The molecule has 37 heavy (non-hydrogen) atoms. The summed E-state index contributed by atoms with van der Waals surface area (Å²) in [6.07, 6.45) is 0. The predicted molar refractivity (Wildman–Crippen MR) is 137 cm³/mol. The van der Waals surface area contributed by atoms with Crippen LogP contribution in [0.1, 0.15) is 16.1 Å². The zero-order valence-corrected chi connectivity index (χ0v) is 21.3. The molecule has 0 saturated carbocycles. The summed E-state index contributed by atoms with van der Waals surface area (Å²) in [6.45, 7) is 1.74. The Morgan fingerprint density at radius 3 is 2.16 bits per heavy atom. The van der Waals surface area contributed by atoms with Gasteiger partial charge in [-0.1, -0.05) is 42.1 Å². The van der Waals surface area contributed by atoms with E-state index in [1.54, 1.807) is 25.1 Å². The van der Waals surface area contributed by atoms with Crippen molar-refractivity contribution in [3.05, 3.63) is 88.1 Å². The molecule has 190 valence electrons. The average molecular weight is 522 g/mol. The predicted octanol–water partition coefficient (Wildman–Crippen LogP) is 5.49. The summed E-state index contributed by atoms with van der Waals surface area (Å²) < 4.78 is 23.4. The monoisotopic (exact) mass is 521 g/mol. The highest BCUT2D eigenvalue weighted by Crippen LogP contribution is 2.43. The molecule has 0 atom stereocenters. The number of ether oxygens (including phenoxy) is 4. The number of aromatic nitrogens is 2. The maximum absolute atomic E-state index is 13.4. The molecule has 0 saturated heterocycles. The van der Waals surface area contributed by atoms with Crippen LogP contribution in [0.25, 0.3) is 5.69 Å². The number of carbonyl (C=O) groups excluding carboxylic acids is 1. The van der Waals surface area contributed by atoms with Crippen LogP contribution >= 0.6 is 11.8 Å². The van der Waals surface area contributed by atoms with Crippen LogP contribution in [0.3, 0.4) is 0 Å². The van der Waals surface area contributed by atoms with Gasteiger partial charge >= 0.3 is 5.97 Å². The van der Waals surface area contributed by atoms with Crippen LogP contribution in [0, 0.1) is 17.0 Å². The van der Waals surface area contributed by atoms with Gasteiger partial charge in [-0.05, 0) is 37.3 Å². The highest BCUT2D eigenvalue weighted by Gasteiger charge is 2.26. The number of nitro benzene ring substituents is 1. The molecule has 4 aromatic rings. The number of nitrogens with zero attached hydrogens (tertiary/aromatic N) is 3. The number of hydrogen-bond acceptors (Lipinski definition) is 9. The fraction of sp³-hybridized carbons (Fsp3) is 0.154. The first-order valence-electron chi connectivity index (χ1n) is 11.0. The third kappa shape index (κ3) is 5.21. The number of hydrogen-bond donors (Lipinski definition) is 0. The lowest BCUT2D eigenvalue weighted by molar-refractivity contribution is -0.387. The molecule has 1 heterocycles. The van der Waals surface area contributed by atoms with E-state index >= 15 is 0 Å². The van der Waals surface area contributed by atoms with E-state index < -0.39 is 10.9 Å². The van der Waals surface area contributed by atoms with Crippen molar-refractivity contribution < 1.29 is 28.7 Å². The molecule has 0 N–H and O–H groups in total. The Morgan fingerprint density at radius 1 is 0.946 bits per heavy atom. The molecule has 0 bridgehead atoms. The maximum Gasteiger partial charge on any atom is 0.345 e. The van der Waals surface area contributed by atoms with Crippen molar-refractivity contribution in [1.82, 2.24) is 9.78 Å². The van der Waals surface area contributed by atoms with Gasteiger partial charge in [0.2, 0.25) is 11.6 Å². The summed E-state index contributed by atoms with van der Waals surface area (Å²) in [5.74, 6) is 0.317. The molecule has 11 heteroatoms. The highest BCUT2D eigenvalue weighted by atomic mass is 32.2. The average Bonchev–Trinajstić information content (AvgIpc) is 3.22. The minimum atomic E-state index is -0.708. The number of nitro groups is 1. The molecule has 1 aromatic heterocycles. The molecule has 0 fully saturated rings. The fourth-order valence-electron chi connectivity index (χ4n) is 3.59. The van der Waals surface area contributed by atoms with E-state index in [9.17, 15) is 14.9 Å². The van der Waals surface area contributed by atoms with E-state index in [4.69, 9.17) is 18.9 Å². The Balaban J connectivity index is 1.82. The van der Waals surface area contributed by atoms with Gasteiger partial charge in [-0.3, -0.25) is 10.1 Å². The first-order valence-corrected chi connectivity index (χ1v) is 11.8. The van der Waals surface area contributed by atoms with Crippen LogP contribution < -0.4 is 18.9 Å². The van der Waals surface area contributed by atoms with E-state index in [1.807, 2.05) is 30.3 Å².